The van der Waals surface area contributed by atoms with Gasteiger partial charge in [-0.3, -0.25) is 4.79 Å². The molecule has 1 amide bonds. The number of hydrogen-bond donors (Lipinski definition) is 1. The fourth-order valence-electron chi connectivity index (χ4n) is 4.16. The Hall–Kier alpha value is -2.59. The lowest BCUT2D eigenvalue weighted by Crippen LogP contribution is -2.39. The summed E-state index contributed by atoms with van der Waals surface area (Å²) in [6, 6.07) is 17.9. The van der Waals surface area contributed by atoms with E-state index in [1.54, 1.807) is 6.20 Å². The van der Waals surface area contributed by atoms with Crippen LogP contribution in [-0.4, -0.2) is 17.4 Å². The third-order valence-corrected chi connectivity index (χ3v) is 6.07. The number of amides is 1. The highest BCUT2D eigenvalue weighted by Gasteiger charge is 2.35. The molecule has 2 aromatic carbocycles. The third-order valence-electron chi connectivity index (χ3n) is 5.82. The Morgan fingerprint density at radius 1 is 1.07 bits per heavy atom. The zero-order chi connectivity index (χ0) is 20.1. The first-order valence-corrected chi connectivity index (χ1v) is 10.6. The molecule has 0 radical (unpaired) electrons. The van der Waals surface area contributed by atoms with E-state index in [1.807, 2.05) is 42.5 Å². The molecule has 0 bridgehead atoms. The molecule has 150 valence electrons. The maximum atomic E-state index is 12.5. The van der Waals surface area contributed by atoms with Gasteiger partial charge in [0.25, 0.3) is 0 Å². The van der Waals surface area contributed by atoms with E-state index in [0.717, 1.165) is 29.2 Å². The van der Waals surface area contributed by atoms with Crippen molar-refractivity contribution in [2.75, 3.05) is 6.54 Å². The Kier molecular flexibility index (Phi) is 6.00. The van der Waals surface area contributed by atoms with Gasteiger partial charge in [0.15, 0.2) is 11.7 Å². The molecule has 0 saturated heterocycles. The quantitative estimate of drug-likeness (QED) is 0.557. The van der Waals surface area contributed by atoms with Crippen LogP contribution in [0.5, 0.6) is 0 Å². The minimum absolute atomic E-state index is 0.0175. The molecule has 5 heteroatoms. The summed E-state index contributed by atoms with van der Waals surface area (Å²) in [7, 11) is 0. The lowest BCUT2D eigenvalue weighted by atomic mass is 9.79. The summed E-state index contributed by atoms with van der Waals surface area (Å²) in [6.45, 7) is 0.661. The summed E-state index contributed by atoms with van der Waals surface area (Å²) < 4.78 is 5.79. The third kappa shape index (κ3) is 4.70. The molecular weight excluding hydrogens is 384 g/mol. The highest BCUT2D eigenvalue weighted by Crippen LogP contribution is 2.41. The number of hydrogen-bond acceptors (Lipinski definition) is 3. The maximum Gasteiger partial charge on any atom is 0.220 e. The van der Waals surface area contributed by atoms with Gasteiger partial charge in [-0.25, -0.2) is 4.98 Å². The molecule has 4 nitrogen and oxygen atoms in total. The van der Waals surface area contributed by atoms with Gasteiger partial charge in [-0.05, 0) is 30.5 Å². The van der Waals surface area contributed by atoms with Crippen molar-refractivity contribution in [2.24, 2.45) is 0 Å². The summed E-state index contributed by atoms with van der Waals surface area (Å²) in [5.74, 6) is 1.35. The number of aromatic nitrogens is 1. The van der Waals surface area contributed by atoms with E-state index < -0.39 is 0 Å². The standard InChI is InChI=1S/C24H25ClN2O2/c25-20-10-8-19(9-11-20)24(14-4-5-15-24)17-27-22(28)12-13-23-26-16-21(29-23)18-6-2-1-3-7-18/h1-3,6-11,16H,4-5,12-15,17H2,(H,27,28). The first kappa shape index (κ1) is 19.7. The molecule has 1 fully saturated rings. The topological polar surface area (TPSA) is 55.1 Å². The number of carbonyl (C=O) groups excluding carboxylic acids is 1. The van der Waals surface area contributed by atoms with Crippen LogP contribution < -0.4 is 5.32 Å². The van der Waals surface area contributed by atoms with Crippen molar-refractivity contribution in [3.63, 3.8) is 0 Å². The van der Waals surface area contributed by atoms with Crippen LogP contribution in [0.25, 0.3) is 11.3 Å². The fourth-order valence-corrected chi connectivity index (χ4v) is 4.29. The number of halogens is 1. The largest absolute Gasteiger partial charge is 0.441 e. The average Bonchev–Trinajstić information content (AvgIpc) is 3.42. The number of aryl methyl sites for hydroxylation is 1. The van der Waals surface area contributed by atoms with Crippen LogP contribution in [0.2, 0.25) is 5.02 Å². The predicted octanol–water partition coefficient (Wildman–Crippen LogP) is 5.56. The van der Waals surface area contributed by atoms with Crippen LogP contribution in [0.3, 0.4) is 0 Å². The van der Waals surface area contributed by atoms with Crippen molar-refractivity contribution in [1.29, 1.82) is 0 Å². The van der Waals surface area contributed by atoms with E-state index in [2.05, 4.69) is 22.4 Å². The Bertz CT molecular complexity index is 945. The van der Waals surface area contributed by atoms with Gasteiger partial charge in [-0.15, -0.1) is 0 Å². The minimum atomic E-state index is 0.0175. The highest BCUT2D eigenvalue weighted by molar-refractivity contribution is 6.30. The Morgan fingerprint density at radius 3 is 2.52 bits per heavy atom. The monoisotopic (exact) mass is 408 g/mol. The summed E-state index contributed by atoms with van der Waals surface area (Å²) in [4.78, 5) is 16.8. The molecule has 1 aliphatic rings. The van der Waals surface area contributed by atoms with Crippen LogP contribution in [0.1, 0.15) is 43.6 Å². The smallest absolute Gasteiger partial charge is 0.220 e. The van der Waals surface area contributed by atoms with Gasteiger partial charge in [0.2, 0.25) is 5.91 Å². The van der Waals surface area contributed by atoms with Crippen molar-refractivity contribution in [3.8, 4) is 11.3 Å². The second-order valence-corrected chi connectivity index (χ2v) is 8.19. The molecule has 1 heterocycles. The molecule has 1 N–H and O–H groups in total. The molecule has 29 heavy (non-hydrogen) atoms. The lowest BCUT2D eigenvalue weighted by Gasteiger charge is -2.30. The Labute approximate surface area is 176 Å². The van der Waals surface area contributed by atoms with E-state index >= 15 is 0 Å². The zero-order valence-corrected chi connectivity index (χ0v) is 17.1. The summed E-state index contributed by atoms with van der Waals surface area (Å²) in [5.41, 5.74) is 2.27. The predicted molar refractivity (Wildman–Crippen MR) is 115 cm³/mol. The number of oxazole rings is 1. The second-order valence-electron chi connectivity index (χ2n) is 7.76. The van der Waals surface area contributed by atoms with Crippen molar-refractivity contribution in [1.82, 2.24) is 10.3 Å². The molecule has 1 aliphatic carbocycles. The molecule has 0 unspecified atom stereocenters. The molecule has 0 spiro atoms. The Morgan fingerprint density at radius 2 is 1.79 bits per heavy atom. The van der Waals surface area contributed by atoms with Crippen molar-refractivity contribution in [3.05, 3.63) is 77.3 Å². The van der Waals surface area contributed by atoms with Gasteiger partial charge in [0.05, 0.1) is 6.20 Å². The second kappa shape index (κ2) is 8.83. The molecule has 1 saturated carbocycles. The number of carbonyl (C=O) groups is 1. The molecule has 0 aliphatic heterocycles. The molecule has 3 aromatic rings. The van der Waals surface area contributed by atoms with E-state index in [0.29, 0.717) is 25.3 Å². The summed E-state index contributed by atoms with van der Waals surface area (Å²) >= 11 is 6.05. The zero-order valence-electron chi connectivity index (χ0n) is 16.4. The van der Waals surface area contributed by atoms with Gasteiger partial charge in [-0.2, -0.15) is 0 Å². The van der Waals surface area contributed by atoms with E-state index in [1.165, 1.54) is 18.4 Å². The molecule has 4 rings (SSSR count). The van der Waals surface area contributed by atoms with Gasteiger partial charge in [-0.1, -0.05) is 66.9 Å². The Balaban J connectivity index is 1.33. The highest BCUT2D eigenvalue weighted by atomic mass is 35.5. The minimum Gasteiger partial charge on any atom is -0.441 e. The van der Waals surface area contributed by atoms with E-state index in [-0.39, 0.29) is 11.3 Å². The van der Waals surface area contributed by atoms with Gasteiger partial charge >= 0.3 is 0 Å². The SMILES string of the molecule is O=C(CCc1ncc(-c2ccccc2)o1)NCC1(c2ccc(Cl)cc2)CCCC1. The van der Waals surface area contributed by atoms with Gasteiger partial charge in [0, 0.05) is 35.4 Å². The summed E-state index contributed by atoms with van der Waals surface area (Å²) in [5, 5.41) is 3.89. The van der Waals surface area contributed by atoms with Crippen LogP contribution >= 0.6 is 11.6 Å². The molecular formula is C24H25ClN2O2. The number of nitrogens with one attached hydrogen (secondary N) is 1. The molecule has 0 atom stereocenters. The maximum absolute atomic E-state index is 12.5. The van der Waals surface area contributed by atoms with Crippen LogP contribution in [0, 0.1) is 0 Å². The first-order chi connectivity index (χ1) is 14.1. The normalized spacial score (nSPS) is 15.3. The first-order valence-electron chi connectivity index (χ1n) is 10.2. The summed E-state index contributed by atoms with van der Waals surface area (Å²) in [6.07, 6.45) is 7.15. The van der Waals surface area contributed by atoms with Crippen LogP contribution in [0.15, 0.2) is 65.2 Å². The molecule has 1 aromatic heterocycles. The number of rotatable bonds is 7. The fraction of sp³-hybridized carbons (Fsp3) is 0.333. The van der Waals surface area contributed by atoms with Gasteiger partial charge < -0.3 is 9.73 Å². The van der Waals surface area contributed by atoms with E-state index in [9.17, 15) is 4.79 Å². The van der Waals surface area contributed by atoms with Crippen LogP contribution in [0.4, 0.5) is 0 Å². The van der Waals surface area contributed by atoms with Crippen molar-refractivity contribution < 1.29 is 9.21 Å². The van der Waals surface area contributed by atoms with Gasteiger partial charge in [0.1, 0.15) is 0 Å². The van der Waals surface area contributed by atoms with Crippen molar-refractivity contribution in [2.45, 2.75) is 43.9 Å². The average molecular weight is 409 g/mol. The number of benzene rings is 2. The van der Waals surface area contributed by atoms with E-state index in [4.69, 9.17) is 16.0 Å². The van der Waals surface area contributed by atoms with Crippen LogP contribution in [-0.2, 0) is 16.6 Å². The van der Waals surface area contributed by atoms with Crippen molar-refractivity contribution >= 4 is 17.5 Å². The number of nitrogens with zero attached hydrogens (tertiary/aromatic N) is 1. The lowest BCUT2D eigenvalue weighted by molar-refractivity contribution is -0.121.